The Bertz CT molecular complexity index is 143. The Hall–Kier alpha value is -0.370. The second-order valence-electron chi connectivity index (χ2n) is 3.88. The van der Waals surface area contributed by atoms with Crippen LogP contribution in [0.4, 0.5) is 0 Å². The molecule has 0 radical (unpaired) electrons. The van der Waals surface area contributed by atoms with Gasteiger partial charge in [0.15, 0.2) is 0 Å². The third-order valence-corrected chi connectivity index (χ3v) is 2.40. The Morgan fingerprint density at radius 1 is 1.25 bits per heavy atom. The fourth-order valence-electron chi connectivity index (χ4n) is 1.30. The maximum absolute atomic E-state index is 11.5. The number of hydrogen-bond acceptors (Lipinski definition) is 2. The van der Waals surface area contributed by atoms with Crippen LogP contribution in [0.3, 0.4) is 0 Å². The Morgan fingerprint density at radius 3 is 2.08 bits per heavy atom. The maximum atomic E-state index is 11.5. The number of rotatable bonds is 5. The third kappa shape index (κ3) is 3.35. The molecule has 0 bridgehead atoms. The smallest absolute Gasteiger partial charge is 0.138 e. The normalized spacial score (nSPS) is 16.2. The quantitative estimate of drug-likeness (QED) is 0.682. The summed E-state index contributed by atoms with van der Waals surface area (Å²) >= 11 is 0. The van der Waals surface area contributed by atoms with Gasteiger partial charge in [0.2, 0.25) is 0 Å². The summed E-state index contributed by atoms with van der Waals surface area (Å²) in [5.41, 5.74) is 0. The molecule has 1 N–H and O–H groups in total. The fourth-order valence-corrected chi connectivity index (χ4v) is 1.30. The summed E-state index contributed by atoms with van der Waals surface area (Å²) in [5.74, 6) is 1.15. The molecule has 0 aromatic rings. The van der Waals surface area contributed by atoms with Crippen LogP contribution < -0.4 is 5.32 Å². The summed E-state index contributed by atoms with van der Waals surface area (Å²) in [6.45, 7) is 8.97. The van der Waals surface area contributed by atoms with Crippen molar-refractivity contribution < 1.29 is 4.79 Å². The van der Waals surface area contributed by atoms with Crippen molar-refractivity contribution in [2.24, 2.45) is 17.8 Å². The fraction of sp³-hybridized carbons (Fsp3) is 0.900. The summed E-state index contributed by atoms with van der Waals surface area (Å²) in [4.78, 5) is 11.5. The van der Waals surface area contributed by atoms with Crippen molar-refractivity contribution in [3.8, 4) is 0 Å². The predicted octanol–water partition coefficient (Wildman–Crippen LogP) is 1.70. The highest BCUT2D eigenvalue weighted by Crippen LogP contribution is 2.15. The zero-order chi connectivity index (χ0) is 9.72. The van der Waals surface area contributed by atoms with Crippen LogP contribution in [0.5, 0.6) is 0 Å². The summed E-state index contributed by atoms with van der Waals surface area (Å²) in [7, 11) is 1.92. The van der Waals surface area contributed by atoms with Crippen LogP contribution >= 0.6 is 0 Å². The molecule has 0 aromatic carbocycles. The van der Waals surface area contributed by atoms with E-state index < -0.39 is 0 Å². The molecule has 0 saturated heterocycles. The van der Waals surface area contributed by atoms with Gasteiger partial charge in [-0.2, -0.15) is 0 Å². The largest absolute Gasteiger partial charge is 0.319 e. The van der Waals surface area contributed by atoms with E-state index in [1.54, 1.807) is 0 Å². The summed E-state index contributed by atoms with van der Waals surface area (Å²) < 4.78 is 0. The Morgan fingerprint density at radius 2 is 1.75 bits per heavy atom. The van der Waals surface area contributed by atoms with Crippen molar-refractivity contribution in [2.75, 3.05) is 13.6 Å². The van der Waals surface area contributed by atoms with Gasteiger partial charge in [-0.05, 0) is 19.5 Å². The number of carbonyl (C=O) groups excluding carboxylic acids is 1. The Kier molecular flexibility index (Phi) is 5.14. The first-order valence-electron chi connectivity index (χ1n) is 4.69. The summed E-state index contributed by atoms with van der Waals surface area (Å²) in [6, 6.07) is 0. The molecule has 0 fully saturated rings. The molecular formula is C10H21NO. The minimum Gasteiger partial charge on any atom is -0.319 e. The first-order valence-corrected chi connectivity index (χ1v) is 4.69. The highest BCUT2D eigenvalue weighted by Gasteiger charge is 2.21. The van der Waals surface area contributed by atoms with Gasteiger partial charge in [0.1, 0.15) is 5.78 Å². The van der Waals surface area contributed by atoms with E-state index in [0.29, 0.717) is 11.7 Å². The van der Waals surface area contributed by atoms with E-state index in [1.807, 2.05) is 27.8 Å². The van der Waals surface area contributed by atoms with Gasteiger partial charge in [-0.25, -0.2) is 0 Å². The molecule has 12 heavy (non-hydrogen) atoms. The number of carbonyl (C=O) groups is 1. The minimum atomic E-state index is 0.166. The zero-order valence-corrected chi connectivity index (χ0v) is 8.85. The van der Waals surface area contributed by atoms with Gasteiger partial charge in [-0.15, -0.1) is 0 Å². The zero-order valence-electron chi connectivity index (χ0n) is 8.85. The van der Waals surface area contributed by atoms with E-state index in [4.69, 9.17) is 0 Å². The van der Waals surface area contributed by atoms with Crippen molar-refractivity contribution in [1.29, 1.82) is 0 Å². The van der Waals surface area contributed by atoms with Crippen molar-refractivity contribution in [3.05, 3.63) is 0 Å². The van der Waals surface area contributed by atoms with Gasteiger partial charge < -0.3 is 5.32 Å². The maximum Gasteiger partial charge on any atom is 0.138 e. The van der Waals surface area contributed by atoms with Gasteiger partial charge >= 0.3 is 0 Å². The standard InChI is InChI=1S/C10H21NO/c1-7(2)10(12)9(4)8(3)6-11-5/h7-9,11H,6H2,1-5H3. The van der Waals surface area contributed by atoms with Crippen LogP contribution in [-0.4, -0.2) is 19.4 Å². The molecule has 2 atom stereocenters. The SMILES string of the molecule is CNCC(C)C(C)C(=O)C(C)C. The lowest BCUT2D eigenvalue weighted by atomic mass is 9.87. The van der Waals surface area contributed by atoms with Gasteiger partial charge in [0.25, 0.3) is 0 Å². The lowest BCUT2D eigenvalue weighted by molar-refractivity contribution is -0.126. The van der Waals surface area contributed by atoms with E-state index in [9.17, 15) is 4.79 Å². The first kappa shape index (κ1) is 11.6. The van der Waals surface area contributed by atoms with Gasteiger partial charge in [-0.3, -0.25) is 4.79 Å². The molecule has 2 unspecified atom stereocenters. The molecule has 0 aromatic heterocycles. The van der Waals surface area contributed by atoms with Crippen molar-refractivity contribution in [3.63, 3.8) is 0 Å². The monoisotopic (exact) mass is 171 g/mol. The van der Waals surface area contributed by atoms with Crippen LogP contribution in [0.1, 0.15) is 27.7 Å². The lowest BCUT2D eigenvalue weighted by Crippen LogP contribution is -2.29. The molecule has 0 aliphatic carbocycles. The molecule has 2 heteroatoms. The van der Waals surface area contributed by atoms with Crippen LogP contribution in [0.15, 0.2) is 0 Å². The second kappa shape index (κ2) is 5.31. The molecule has 0 spiro atoms. The molecule has 2 nitrogen and oxygen atoms in total. The minimum absolute atomic E-state index is 0.166. The molecule has 0 amide bonds. The highest BCUT2D eigenvalue weighted by molar-refractivity contribution is 5.82. The van der Waals surface area contributed by atoms with Crippen molar-refractivity contribution >= 4 is 5.78 Å². The summed E-state index contributed by atoms with van der Waals surface area (Å²) in [6.07, 6.45) is 0. The number of hydrogen-bond donors (Lipinski definition) is 1. The number of ketones is 1. The number of nitrogens with one attached hydrogen (secondary N) is 1. The Balaban J connectivity index is 4.00. The third-order valence-electron chi connectivity index (χ3n) is 2.40. The topological polar surface area (TPSA) is 29.1 Å². The van der Waals surface area contributed by atoms with E-state index in [-0.39, 0.29) is 11.8 Å². The Labute approximate surface area is 75.7 Å². The lowest BCUT2D eigenvalue weighted by Gasteiger charge is -2.19. The average Bonchev–Trinajstić information content (AvgIpc) is 2.02. The second-order valence-corrected chi connectivity index (χ2v) is 3.88. The highest BCUT2D eigenvalue weighted by atomic mass is 16.1. The van der Waals surface area contributed by atoms with Crippen molar-refractivity contribution in [2.45, 2.75) is 27.7 Å². The summed E-state index contributed by atoms with van der Waals surface area (Å²) in [5, 5.41) is 3.09. The van der Waals surface area contributed by atoms with E-state index in [0.717, 1.165) is 6.54 Å². The van der Waals surface area contributed by atoms with E-state index in [2.05, 4.69) is 12.2 Å². The van der Waals surface area contributed by atoms with Gasteiger partial charge in [-0.1, -0.05) is 27.7 Å². The van der Waals surface area contributed by atoms with Gasteiger partial charge in [0.05, 0.1) is 0 Å². The van der Waals surface area contributed by atoms with E-state index >= 15 is 0 Å². The van der Waals surface area contributed by atoms with Gasteiger partial charge in [0, 0.05) is 11.8 Å². The van der Waals surface area contributed by atoms with Crippen LogP contribution in [-0.2, 0) is 4.79 Å². The van der Waals surface area contributed by atoms with E-state index in [1.165, 1.54) is 0 Å². The molecule has 72 valence electrons. The molecular weight excluding hydrogens is 150 g/mol. The average molecular weight is 171 g/mol. The van der Waals surface area contributed by atoms with Crippen LogP contribution in [0.25, 0.3) is 0 Å². The predicted molar refractivity (Wildman–Crippen MR) is 52.1 cm³/mol. The molecule has 0 aliphatic heterocycles. The number of Topliss-reactive ketones (excluding diaryl/α,β-unsaturated/α-hetero) is 1. The van der Waals surface area contributed by atoms with Crippen LogP contribution in [0.2, 0.25) is 0 Å². The molecule has 0 saturated carbocycles. The van der Waals surface area contributed by atoms with Crippen molar-refractivity contribution in [1.82, 2.24) is 5.32 Å². The molecule has 0 aliphatic rings. The first-order chi connectivity index (χ1) is 5.50. The molecule has 0 rings (SSSR count). The molecule has 0 heterocycles. The van der Waals surface area contributed by atoms with Crippen LogP contribution in [0, 0.1) is 17.8 Å².